The van der Waals surface area contributed by atoms with Gasteiger partial charge in [0.05, 0.1) is 28.1 Å². The summed E-state index contributed by atoms with van der Waals surface area (Å²) in [6, 6.07) is 6.96. The van der Waals surface area contributed by atoms with Gasteiger partial charge in [-0.2, -0.15) is 5.26 Å². The fourth-order valence-electron chi connectivity index (χ4n) is 2.41. The second-order valence-corrected chi connectivity index (χ2v) is 5.54. The van der Waals surface area contributed by atoms with Gasteiger partial charge in [0, 0.05) is 0 Å². The second-order valence-electron chi connectivity index (χ2n) is 4.76. The third kappa shape index (κ3) is 3.14. The summed E-state index contributed by atoms with van der Waals surface area (Å²) < 4.78 is 10.4. The van der Waals surface area contributed by atoms with Crippen LogP contribution in [0.2, 0.25) is 10.0 Å². The molecule has 120 valence electrons. The highest BCUT2D eigenvalue weighted by atomic mass is 35.5. The van der Waals surface area contributed by atoms with Crippen LogP contribution < -0.4 is 5.73 Å². The highest BCUT2D eigenvalue weighted by Crippen LogP contribution is 2.43. The molecule has 0 bridgehead atoms. The number of ether oxygens (including phenoxy) is 2. The van der Waals surface area contributed by atoms with Gasteiger partial charge in [0.15, 0.2) is 0 Å². The quantitative estimate of drug-likeness (QED) is 0.839. The minimum absolute atomic E-state index is 0.0703. The topological polar surface area (TPSA) is 85.3 Å². The van der Waals surface area contributed by atoms with E-state index in [0.717, 1.165) is 0 Å². The highest BCUT2D eigenvalue weighted by molar-refractivity contribution is 6.42. The monoisotopic (exact) mass is 352 g/mol. The standard InChI is InChI=1S/C16H14Cl2N2O3/c1-3-22-16(21)12-8(2)23-15(20)10(7-19)13(12)9-5-4-6-11(17)14(9)18/h4-6,13H,3,20H2,1-2H3/t13-/m1/s1. The second kappa shape index (κ2) is 6.95. The van der Waals surface area contributed by atoms with Crippen LogP contribution in [-0.4, -0.2) is 12.6 Å². The number of esters is 1. The summed E-state index contributed by atoms with van der Waals surface area (Å²) >= 11 is 12.3. The van der Waals surface area contributed by atoms with Crippen LogP contribution in [0.3, 0.4) is 0 Å². The minimum Gasteiger partial charge on any atom is -0.463 e. The molecule has 0 saturated carbocycles. The van der Waals surface area contributed by atoms with Crippen molar-refractivity contribution >= 4 is 29.2 Å². The van der Waals surface area contributed by atoms with E-state index in [4.69, 9.17) is 38.4 Å². The molecule has 0 saturated heterocycles. The molecule has 23 heavy (non-hydrogen) atoms. The Balaban J connectivity index is 2.69. The summed E-state index contributed by atoms with van der Waals surface area (Å²) in [4.78, 5) is 12.3. The maximum atomic E-state index is 12.3. The molecule has 0 unspecified atom stereocenters. The van der Waals surface area contributed by atoms with Crippen LogP contribution in [0.1, 0.15) is 25.3 Å². The number of carbonyl (C=O) groups excluding carboxylic acids is 1. The Morgan fingerprint density at radius 1 is 1.48 bits per heavy atom. The van der Waals surface area contributed by atoms with Crippen molar-refractivity contribution in [3.63, 3.8) is 0 Å². The number of allylic oxidation sites excluding steroid dienone is 2. The zero-order chi connectivity index (χ0) is 17.1. The van der Waals surface area contributed by atoms with Crippen LogP contribution >= 0.6 is 23.2 Å². The zero-order valence-electron chi connectivity index (χ0n) is 12.5. The largest absolute Gasteiger partial charge is 0.463 e. The first-order valence-corrected chi connectivity index (χ1v) is 7.57. The van der Waals surface area contributed by atoms with Gasteiger partial charge in [0.1, 0.15) is 17.4 Å². The van der Waals surface area contributed by atoms with Crippen molar-refractivity contribution in [2.45, 2.75) is 19.8 Å². The molecule has 0 aromatic heterocycles. The molecular formula is C16H14Cl2N2O3. The summed E-state index contributed by atoms with van der Waals surface area (Å²) in [6.07, 6.45) is 0. The molecule has 2 N–H and O–H groups in total. The van der Waals surface area contributed by atoms with Crippen LogP contribution in [0.15, 0.2) is 41.0 Å². The molecule has 0 fully saturated rings. The van der Waals surface area contributed by atoms with E-state index in [1.54, 1.807) is 32.0 Å². The third-order valence-corrected chi connectivity index (χ3v) is 4.23. The fraction of sp³-hybridized carbons (Fsp3) is 0.250. The zero-order valence-corrected chi connectivity index (χ0v) is 14.0. The molecule has 0 amide bonds. The predicted octanol–water partition coefficient (Wildman–Crippen LogP) is 3.64. The number of benzene rings is 1. The summed E-state index contributed by atoms with van der Waals surface area (Å²) in [5, 5.41) is 10.0. The molecule has 0 radical (unpaired) electrons. The lowest BCUT2D eigenvalue weighted by Gasteiger charge is -2.27. The average Bonchev–Trinajstić information content (AvgIpc) is 2.49. The fourth-order valence-corrected chi connectivity index (χ4v) is 2.83. The van der Waals surface area contributed by atoms with E-state index in [1.165, 1.54) is 0 Å². The lowest BCUT2D eigenvalue weighted by Crippen LogP contribution is -2.25. The van der Waals surface area contributed by atoms with Crippen molar-refractivity contribution in [2.75, 3.05) is 6.61 Å². The Kier molecular flexibility index (Phi) is 5.19. The van der Waals surface area contributed by atoms with Crippen molar-refractivity contribution in [3.8, 4) is 6.07 Å². The van der Waals surface area contributed by atoms with Gasteiger partial charge in [0.25, 0.3) is 0 Å². The summed E-state index contributed by atoms with van der Waals surface area (Å²) in [7, 11) is 0. The van der Waals surface area contributed by atoms with Crippen molar-refractivity contribution in [3.05, 3.63) is 56.6 Å². The highest BCUT2D eigenvalue weighted by Gasteiger charge is 2.37. The van der Waals surface area contributed by atoms with Crippen molar-refractivity contribution in [1.29, 1.82) is 5.26 Å². The van der Waals surface area contributed by atoms with Crippen molar-refractivity contribution in [2.24, 2.45) is 5.73 Å². The maximum absolute atomic E-state index is 12.3. The number of hydrogen-bond donors (Lipinski definition) is 1. The molecule has 0 aliphatic carbocycles. The van der Waals surface area contributed by atoms with Gasteiger partial charge in [-0.15, -0.1) is 0 Å². The van der Waals surface area contributed by atoms with Crippen LogP contribution in [-0.2, 0) is 14.3 Å². The van der Waals surface area contributed by atoms with Crippen LogP contribution in [0.5, 0.6) is 0 Å². The van der Waals surface area contributed by atoms with E-state index >= 15 is 0 Å². The molecule has 1 aromatic rings. The van der Waals surface area contributed by atoms with Crippen LogP contribution in [0.25, 0.3) is 0 Å². The van der Waals surface area contributed by atoms with Gasteiger partial charge in [-0.05, 0) is 25.5 Å². The van der Waals surface area contributed by atoms with Gasteiger partial charge < -0.3 is 15.2 Å². The molecular weight excluding hydrogens is 339 g/mol. The first-order valence-electron chi connectivity index (χ1n) is 6.81. The van der Waals surface area contributed by atoms with E-state index in [9.17, 15) is 10.1 Å². The lowest BCUT2D eigenvalue weighted by atomic mass is 9.83. The first kappa shape index (κ1) is 17.2. The average molecular weight is 353 g/mol. The van der Waals surface area contributed by atoms with E-state index in [2.05, 4.69) is 0 Å². The predicted molar refractivity (Wildman–Crippen MR) is 86.4 cm³/mol. The normalized spacial score (nSPS) is 17.6. The molecule has 1 heterocycles. The lowest BCUT2D eigenvalue weighted by molar-refractivity contribution is -0.139. The molecule has 1 aliphatic heterocycles. The Bertz CT molecular complexity index is 763. The SMILES string of the molecule is CCOC(=O)C1=C(C)OC(N)=C(C#N)[C@H]1c1cccc(Cl)c1Cl. The Morgan fingerprint density at radius 2 is 2.17 bits per heavy atom. The first-order chi connectivity index (χ1) is 10.9. The molecule has 0 spiro atoms. The molecule has 2 rings (SSSR count). The molecule has 1 aliphatic rings. The van der Waals surface area contributed by atoms with Crippen LogP contribution in [0, 0.1) is 11.3 Å². The van der Waals surface area contributed by atoms with Gasteiger partial charge in [-0.25, -0.2) is 4.79 Å². The van der Waals surface area contributed by atoms with E-state index in [-0.39, 0.29) is 34.4 Å². The van der Waals surface area contributed by atoms with Gasteiger partial charge >= 0.3 is 5.97 Å². The number of rotatable bonds is 3. The Labute approximate surface area is 143 Å². The number of carbonyl (C=O) groups is 1. The maximum Gasteiger partial charge on any atom is 0.338 e. The number of nitrogens with zero attached hydrogens (tertiary/aromatic N) is 1. The van der Waals surface area contributed by atoms with Crippen LogP contribution in [0.4, 0.5) is 0 Å². The van der Waals surface area contributed by atoms with Gasteiger partial charge in [-0.1, -0.05) is 35.3 Å². The molecule has 1 aromatic carbocycles. The third-order valence-electron chi connectivity index (χ3n) is 3.39. The Morgan fingerprint density at radius 3 is 2.78 bits per heavy atom. The minimum atomic E-state index is -0.793. The van der Waals surface area contributed by atoms with E-state index < -0.39 is 11.9 Å². The summed E-state index contributed by atoms with van der Waals surface area (Å²) in [5.74, 6) is -1.19. The number of nitriles is 1. The smallest absolute Gasteiger partial charge is 0.338 e. The number of hydrogen-bond acceptors (Lipinski definition) is 5. The van der Waals surface area contributed by atoms with Crippen molar-refractivity contribution < 1.29 is 14.3 Å². The summed E-state index contributed by atoms with van der Waals surface area (Å²) in [5.41, 5.74) is 6.56. The summed E-state index contributed by atoms with van der Waals surface area (Å²) in [6.45, 7) is 3.46. The molecule has 7 heteroatoms. The van der Waals surface area contributed by atoms with E-state index in [1.807, 2.05) is 6.07 Å². The number of halogens is 2. The Hall–Kier alpha value is -2.16. The van der Waals surface area contributed by atoms with Gasteiger partial charge in [0.2, 0.25) is 5.88 Å². The molecule has 5 nitrogen and oxygen atoms in total. The van der Waals surface area contributed by atoms with E-state index in [0.29, 0.717) is 10.6 Å². The van der Waals surface area contributed by atoms with Gasteiger partial charge in [-0.3, -0.25) is 0 Å². The molecule has 1 atom stereocenters. The number of nitrogens with two attached hydrogens (primary N) is 1. The van der Waals surface area contributed by atoms with Crippen molar-refractivity contribution in [1.82, 2.24) is 0 Å².